The molecular weight excluding hydrogens is 292 g/mol. The van der Waals surface area contributed by atoms with Crippen molar-refractivity contribution in [3.05, 3.63) is 71.8 Å². The zero-order valence-electron chi connectivity index (χ0n) is 14.5. The number of rotatable bonds is 6. The zero-order chi connectivity index (χ0) is 16.2. The Bertz CT molecular complexity index is 555. The summed E-state index contributed by atoms with van der Waals surface area (Å²) in [5.41, 5.74) is 2.94. The first kappa shape index (κ1) is 15.9. The van der Waals surface area contributed by atoms with Gasteiger partial charge < -0.3 is 9.80 Å². The second-order valence-electron chi connectivity index (χ2n) is 7.51. The van der Waals surface area contributed by atoms with Crippen molar-refractivity contribution in [1.82, 2.24) is 9.80 Å². The van der Waals surface area contributed by atoms with Crippen LogP contribution < -0.4 is 0 Å². The predicted octanol–water partition coefficient (Wildman–Crippen LogP) is 3.34. The minimum atomic E-state index is 0.900. The van der Waals surface area contributed by atoms with Gasteiger partial charge in [-0.2, -0.15) is 0 Å². The fraction of sp³-hybridized carbons (Fsp3) is 0.455. The van der Waals surface area contributed by atoms with Crippen molar-refractivity contribution in [2.45, 2.75) is 12.8 Å². The summed E-state index contributed by atoms with van der Waals surface area (Å²) >= 11 is 0. The van der Waals surface area contributed by atoms with Crippen molar-refractivity contribution >= 4 is 0 Å². The van der Waals surface area contributed by atoms with Crippen molar-refractivity contribution in [3.8, 4) is 0 Å². The Labute approximate surface area is 146 Å². The Morgan fingerprint density at radius 2 is 0.958 bits per heavy atom. The normalized spacial score (nSPS) is 24.3. The molecule has 0 amide bonds. The van der Waals surface area contributed by atoms with Gasteiger partial charge in [-0.1, -0.05) is 60.7 Å². The molecule has 126 valence electrons. The highest BCUT2D eigenvalue weighted by Gasteiger charge is 2.39. The molecule has 0 aromatic heterocycles. The Kier molecular flexibility index (Phi) is 4.96. The van der Waals surface area contributed by atoms with Crippen LogP contribution in [0.2, 0.25) is 0 Å². The lowest BCUT2D eigenvalue weighted by Crippen LogP contribution is -2.31. The third-order valence-corrected chi connectivity index (χ3v) is 5.76. The van der Waals surface area contributed by atoms with E-state index >= 15 is 0 Å². The van der Waals surface area contributed by atoms with Crippen molar-refractivity contribution in [2.24, 2.45) is 11.8 Å². The van der Waals surface area contributed by atoms with E-state index in [1.165, 1.54) is 63.2 Å². The fourth-order valence-corrected chi connectivity index (χ4v) is 4.42. The Morgan fingerprint density at radius 3 is 1.33 bits per heavy atom. The minimum absolute atomic E-state index is 0.900. The van der Waals surface area contributed by atoms with Crippen LogP contribution in [0.3, 0.4) is 0 Å². The van der Waals surface area contributed by atoms with Gasteiger partial charge in [0.15, 0.2) is 0 Å². The second-order valence-corrected chi connectivity index (χ2v) is 7.51. The molecule has 0 atom stereocenters. The number of nitrogens with zero attached hydrogens (tertiary/aromatic N) is 2. The van der Waals surface area contributed by atoms with Crippen molar-refractivity contribution in [2.75, 3.05) is 39.3 Å². The third kappa shape index (κ3) is 3.88. The highest BCUT2D eigenvalue weighted by atomic mass is 15.2. The van der Waals surface area contributed by atoms with Gasteiger partial charge in [-0.25, -0.2) is 0 Å². The summed E-state index contributed by atoms with van der Waals surface area (Å²) in [4.78, 5) is 5.38. The van der Waals surface area contributed by atoms with Crippen molar-refractivity contribution < 1.29 is 0 Å². The molecule has 4 rings (SSSR count). The summed E-state index contributed by atoms with van der Waals surface area (Å²) < 4.78 is 0. The second kappa shape index (κ2) is 7.50. The van der Waals surface area contributed by atoms with Gasteiger partial charge in [-0.3, -0.25) is 0 Å². The molecule has 2 aromatic carbocycles. The molecule has 0 radical (unpaired) electrons. The Hall–Kier alpha value is -1.64. The fourth-order valence-electron chi connectivity index (χ4n) is 4.42. The van der Waals surface area contributed by atoms with E-state index < -0.39 is 0 Å². The van der Waals surface area contributed by atoms with Gasteiger partial charge in [-0.15, -0.1) is 0 Å². The molecule has 0 spiro atoms. The van der Waals surface area contributed by atoms with Gasteiger partial charge in [0, 0.05) is 39.3 Å². The Balaban J connectivity index is 1.20. The first-order chi connectivity index (χ1) is 11.9. The molecule has 0 bridgehead atoms. The molecular formula is C22H28N2. The first-order valence-corrected chi connectivity index (χ1v) is 9.39. The summed E-state index contributed by atoms with van der Waals surface area (Å²) in [6, 6.07) is 21.8. The molecule has 2 heterocycles. The predicted molar refractivity (Wildman–Crippen MR) is 100 cm³/mol. The summed E-state index contributed by atoms with van der Waals surface area (Å²) in [5, 5.41) is 0. The molecule has 2 aliphatic rings. The third-order valence-electron chi connectivity index (χ3n) is 5.76. The standard InChI is InChI=1S/C22H28N2/c1-3-7-19(8-4-1)11-13-23-15-21-17-24(18-22(21)16-23)14-12-20-9-5-2-6-10-20/h1-10,21-22H,11-18H2. The van der Waals surface area contributed by atoms with E-state index in [-0.39, 0.29) is 0 Å². The van der Waals surface area contributed by atoms with Gasteiger partial charge in [0.05, 0.1) is 0 Å². The maximum absolute atomic E-state index is 2.69. The lowest BCUT2D eigenvalue weighted by molar-refractivity contribution is 0.258. The largest absolute Gasteiger partial charge is 0.302 e. The van der Waals surface area contributed by atoms with Crippen LogP contribution in [0.15, 0.2) is 60.7 Å². The van der Waals surface area contributed by atoms with E-state index in [0.717, 1.165) is 11.8 Å². The van der Waals surface area contributed by atoms with Crippen LogP contribution in [0.1, 0.15) is 11.1 Å². The summed E-state index contributed by atoms with van der Waals surface area (Å²) in [6.07, 6.45) is 2.38. The smallest absolute Gasteiger partial charge is 0.00258 e. The van der Waals surface area contributed by atoms with Crippen LogP contribution in [0.4, 0.5) is 0 Å². The van der Waals surface area contributed by atoms with Crippen LogP contribution in [0, 0.1) is 11.8 Å². The van der Waals surface area contributed by atoms with Gasteiger partial charge in [0.1, 0.15) is 0 Å². The lowest BCUT2D eigenvalue weighted by Gasteiger charge is -2.21. The van der Waals surface area contributed by atoms with Crippen LogP contribution in [-0.4, -0.2) is 49.1 Å². The lowest BCUT2D eigenvalue weighted by atomic mass is 10.0. The van der Waals surface area contributed by atoms with E-state index in [2.05, 4.69) is 70.5 Å². The number of likely N-dealkylation sites (tertiary alicyclic amines) is 2. The topological polar surface area (TPSA) is 6.48 Å². The molecule has 0 saturated carbocycles. The van der Waals surface area contributed by atoms with E-state index in [1.54, 1.807) is 0 Å². The van der Waals surface area contributed by atoms with E-state index in [4.69, 9.17) is 0 Å². The number of hydrogen-bond acceptors (Lipinski definition) is 2. The molecule has 0 aliphatic carbocycles. The highest BCUT2D eigenvalue weighted by molar-refractivity contribution is 5.16. The van der Waals surface area contributed by atoms with Crippen molar-refractivity contribution in [1.29, 1.82) is 0 Å². The quantitative estimate of drug-likeness (QED) is 0.805. The van der Waals surface area contributed by atoms with E-state index in [9.17, 15) is 0 Å². The molecule has 2 saturated heterocycles. The number of hydrogen-bond donors (Lipinski definition) is 0. The summed E-state index contributed by atoms with van der Waals surface area (Å²) in [5.74, 6) is 1.80. The van der Waals surface area contributed by atoms with E-state index in [1.807, 2.05) is 0 Å². The molecule has 2 fully saturated rings. The highest BCUT2D eigenvalue weighted by Crippen LogP contribution is 2.31. The average molecular weight is 320 g/mol. The average Bonchev–Trinajstić information content (AvgIpc) is 3.18. The molecule has 2 aliphatic heterocycles. The summed E-state index contributed by atoms with van der Waals surface area (Å²) in [7, 11) is 0. The zero-order valence-corrected chi connectivity index (χ0v) is 14.5. The molecule has 0 N–H and O–H groups in total. The van der Waals surface area contributed by atoms with Crippen molar-refractivity contribution in [3.63, 3.8) is 0 Å². The summed E-state index contributed by atoms with van der Waals surface area (Å²) in [6.45, 7) is 7.67. The SMILES string of the molecule is c1ccc(CCN2CC3CN(CCc4ccccc4)CC3C2)cc1. The maximum Gasteiger partial charge on any atom is 0.00258 e. The maximum atomic E-state index is 2.69. The van der Waals surface area contributed by atoms with Crippen LogP contribution in [0.5, 0.6) is 0 Å². The van der Waals surface area contributed by atoms with Crippen LogP contribution in [-0.2, 0) is 12.8 Å². The number of benzene rings is 2. The Morgan fingerprint density at radius 1 is 0.583 bits per heavy atom. The van der Waals surface area contributed by atoms with Gasteiger partial charge >= 0.3 is 0 Å². The van der Waals surface area contributed by atoms with Gasteiger partial charge in [0.25, 0.3) is 0 Å². The minimum Gasteiger partial charge on any atom is -0.302 e. The molecule has 24 heavy (non-hydrogen) atoms. The van der Waals surface area contributed by atoms with Gasteiger partial charge in [-0.05, 0) is 35.8 Å². The molecule has 0 unspecified atom stereocenters. The monoisotopic (exact) mass is 320 g/mol. The van der Waals surface area contributed by atoms with Gasteiger partial charge in [0.2, 0.25) is 0 Å². The van der Waals surface area contributed by atoms with Crippen LogP contribution >= 0.6 is 0 Å². The first-order valence-electron chi connectivity index (χ1n) is 9.39. The van der Waals surface area contributed by atoms with E-state index in [0.29, 0.717) is 0 Å². The molecule has 2 nitrogen and oxygen atoms in total. The number of fused-ring (bicyclic) bond motifs is 1. The van der Waals surface area contributed by atoms with Crippen LogP contribution in [0.25, 0.3) is 0 Å². The molecule has 2 heteroatoms. The molecule has 2 aromatic rings.